The first-order chi connectivity index (χ1) is 30.8. The molecular weight excluding hydrogens is 782 g/mol. The van der Waals surface area contributed by atoms with Crippen molar-refractivity contribution in [1.82, 2.24) is 6.15 Å². The number of rotatable bonds is 52. The van der Waals surface area contributed by atoms with Gasteiger partial charge in [0.25, 0.3) is 0 Å². The van der Waals surface area contributed by atoms with Gasteiger partial charge in [-0.1, -0.05) is 322 Å². The number of benzene rings is 1. The third-order valence-corrected chi connectivity index (χ3v) is 14.9. The van der Waals surface area contributed by atoms with Crippen LogP contribution in [-0.2, 0) is 25.1 Å². The molecule has 0 bridgehead atoms. The monoisotopic (exact) mass is 900 g/mol. The Morgan fingerprint density at radius 2 is 0.413 bits per heavy atom. The van der Waals surface area contributed by atoms with Crippen LogP contribution in [0.1, 0.15) is 351 Å². The molecule has 0 aliphatic carbocycles. The zero-order valence-corrected chi connectivity index (χ0v) is 44.8. The molecule has 0 saturated carbocycles. The molecule has 0 spiro atoms. The SMILES string of the molecule is CCCCCCCCCCCCCCCCCCc1ccc(CCl)c(CCCCCCCCCCCCCCCCCC)c1CCCCCCCCCCCCCCCCCC.N. The van der Waals surface area contributed by atoms with Gasteiger partial charge in [-0.2, -0.15) is 0 Å². The number of unbranched alkanes of at least 4 members (excludes halogenated alkanes) is 45. The minimum Gasteiger partial charge on any atom is -0.344 e. The van der Waals surface area contributed by atoms with Crippen LogP contribution in [0.5, 0.6) is 0 Å². The van der Waals surface area contributed by atoms with Gasteiger partial charge < -0.3 is 6.15 Å². The fourth-order valence-electron chi connectivity index (χ4n) is 10.3. The molecule has 374 valence electrons. The standard InChI is InChI=1S/C61H115Cl.H3N/c1-4-7-10-13-16-19-22-25-28-31-34-37-40-43-46-49-52-58-55-56-59(57-62)61(54-51-48-45-42-39-36-33-30-27-24-21-18-15-12-9-6-3)60(58)53-50-47-44-41-38-35-32-29-26-23-20-17-14-11-8-5-2;/h55-56H,4-54,57H2,1-3H3;1H3. The molecule has 0 amide bonds. The lowest BCUT2D eigenvalue weighted by Gasteiger charge is -2.19. The molecule has 0 unspecified atom stereocenters. The lowest BCUT2D eigenvalue weighted by Crippen LogP contribution is -2.05. The Morgan fingerprint density at radius 3 is 0.635 bits per heavy atom. The smallest absolute Gasteiger partial charge is 0.0476 e. The van der Waals surface area contributed by atoms with Crippen LogP contribution in [0, 0.1) is 0 Å². The van der Waals surface area contributed by atoms with Gasteiger partial charge in [0.15, 0.2) is 0 Å². The summed E-state index contributed by atoms with van der Waals surface area (Å²) in [5.41, 5.74) is 6.52. The van der Waals surface area contributed by atoms with Crippen molar-refractivity contribution in [3.05, 3.63) is 34.4 Å². The van der Waals surface area contributed by atoms with Crippen LogP contribution in [-0.4, -0.2) is 0 Å². The summed E-state index contributed by atoms with van der Waals surface area (Å²) in [6, 6.07) is 4.93. The highest BCUT2D eigenvalue weighted by Gasteiger charge is 2.13. The molecule has 0 saturated heterocycles. The number of aryl methyl sites for hydroxylation is 1. The molecule has 0 fully saturated rings. The highest BCUT2D eigenvalue weighted by molar-refractivity contribution is 6.17. The van der Waals surface area contributed by atoms with E-state index in [9.17, 15) is 0 Å². The van der Waals surface area contributed by atoms with E-state index in [-0.39, 0.29) is 6.15 Å². The average Bonchev–Trinajstić information content (AvgIpc) is 3.29. The van der Waals surface area contributed by atoms with E-state index in [1.54, 1.807) is 16.7 Å². The van der Waals surface area contributed by atoms with E-state index < -0.39 is 0 Å². The molecule has 1 aromatic carbocycles. The maximum atomic E-state index is 6.69. The number of halogens is 1. The van der Waals surface area contributed by atoms with Gasteiger partial charge >= 0.3 is 0 Å². The summed E-state index contributed by atoms with van der Waals surface area (Å²) < 4.78 is 0. The van der Waals surface area contributed by atoms with Gasteiger partial charge in [0.1, 0.15) is 0 Å². The van der Waals surface area contributed by atoms with E-state index in [4.69, 9.17) is 11.6 Å². The van der Waals surface area contributed by atoms with Gasteiger partial charge in [-0.3, -0.25) is 0 Å². The molecule has 2 heteroatoms. The van der Waals surface area contributed by atoms with Crippen LogP contribution in [0.15, 0.2) is 12.1 Å². The highest BCUT2D eigenvalue weighted by Crippen LogP contribution is 2.28. The van der Waals surface area contributed by atoms with Crippen LogP contribution in [0.3, 0.4) is 0 Å². The maximum absolute atomic E-state index is 6.69. The van der Waals surface area contributed by atoms with Crippen molar-refractivity contribution < 1.29 is 0 Å². The summed E-state index contributed by atoms with van der Waals surface area (Å²) in [4.78, 5) is 0. The lowest BCUT2D eigenvalue weighted by molar-refractivity contribution is 0.527. The Balaban J connectivity index is 0.0000384. The van der Waals surface area contributed by atoms with Gasteiger partial charge in [-0.25, -0.2) is 0 Å². The molecule has 0 aromatic heterocycles. The van der Waals surface area contributed by atoms with Crippen molar-refractivity contribution in [2.75, 3.05) is 0 Å². The van der Waals surface area contributed by atoms with Gasteiger partial charge in [0.05, 0.1) is 0 Å². The summed E-state index contributed by atoms with van der Waals surface area (Å²) in [7, 11) is 0. The first kappa shape index (κ1) is 62.5. The molecule has 1 nitrogen and oxygen atoms in total. The minimum atomic E-state index is 0. The molecule has 0 aliphatic heterocycles. The predicted molar refractivity (Wildman–Crippen MR) is 291 cm³/mol. The zero-order chi connectivity index (χ0) is 44.5. The Labute approximate surface area is 404 Å². The summed E-state index contributed by atoms with van der Waals surface area (Å²) in [6.07, 6.45) is 73.0. The zero-order valence-electron chi connectivity index (χ0n) is 44.0. The molecule has 0 aliphatic rings. The normalized spacial score (nSPS) is 11.5. The second kappa shape index (κ2) is 52.4. The Hall–Kier alpha value is -0.530. The number of hydrogen-bond donors (Lipinski definition) is 1. The molecule has 0 atom stereocenters. The fourth-order valence-corrected chi connectivity index (χ4v) is 10.6. The van der Waals surface area contributed by atoms with E-state index in [0.29, 0.717) is 5.88 Å². The van der Waals surface area contributed by atoms with E-state index in [2.05, 4.69) is 32.9 Å². The summed E-state index contributed by atoms with van der Waals surface area (Å²) in [6.45, 7) is 6.95. The van der Waals surface area contributed by atoms with Gasteiger partial charge in [-0.05, 0) is 60.8 Å². The minimum absolute atomic E-state index is 0. The van der Waals surface area contributed by atoms with Crippen LogP contribution in [0.4, 0.5) is 0 Å². The molecule has 3 N–H and O–H groups in total. The van der Waals surface area contributed by atoms with Crippen molar-refractivity contribution in [2.24, 2.45) is 0 Å². The van der Waals surface area contributed by atoms with Crippen molar-refractivity contribution in [3.8, 4) is 0 Å². The van der Waals surface area contributed by atoms with Gasteiger partial charge in [-0.15, -0.1) is 11.6 Å². The van der Waals surface area contributed by atoms with Gasteiger partial charge in [0, 0.05) is 5.88 Å². The van der Waals surface area contributed by atoms with Crippen LogP contribution in [0.25, 0.3) is 0 Å². The molecule has 63 heavy (non-hydrogen) atoms. The lowest BCUT2D eigenvalue weighted by atomic mass is 9.87. The van der Waals surface area contributed by atoms with E-state index in [1.807, 2.05) is 0 Å². The van der Waals surface area contributed by atoms with Crippen molar-refractivity contribution in [2.45, 2.75) is 354 Å². The van der Waals surface area contributed by atoms with Crippen molar-refractivity contribution in [3.63, 3.8) is 0 Å². The van der Waals surface area contributed by atoms with Crippen LogP contribution < -0.4 is 6.15 Å². The van der Waals surface area contributed by atoms with Crippen LogP contribution in [0.2, 0.25) is 0 Å². The average molecular weight is 901 g/mol. The number of hydrogen-bond acceptors (Lipinski definition) is 1. The van der Waals surface area contributed by atoms with E-state index in [1.165, 1.54) is 333 Å². The fraction of sp³-hybridized carbons (Fsp3) is 0.902. The number of alkyl halides is 1. The third kappa shape index (κ3) is 41.4. The van der Waals surface area contributed by atoms with Crippen molar-refractivity contribution in [1.29, 1.82) is 0 Å². The summed E-state index contributed by atoms with van der Waals surface area (Å²) in [5, 5.41) is 0. The Kier molecular flexibility index (Phi) is 52.0. The molecular formula is C61H118ClN. The second-order valence-electron chi connectivity index (χ2n) is 20.6. The molecule has 0 heterocycles. The van der Waals surface area contributed by atoms with E-state index in [0.717, 1.165) is 0 Å². The summed E-state index contributed by atoms with van der Waals surface area (Å²) >= 11 is 6.69. The van der Waals surface area contributed by atoms with Crippen molar-refractivity contribution >= 4 is 11.6 Å². The third-order valence-electron chi connectivity index (χ3n) is 14.6. The van der Waals surface area contributed by atoms with E-state index >= 15 is 0 Å². The predicted octanol–water partition coefficient (Wildman–Crippen LogP) is 23.0. The van der Waals surface area contributed by atoms with Crippen LogP contribution >= 0.6 is 11.6 Å². The quantitative estimate of drug-likeness (QED) is 0.0513. The largest absolute Gasteiger partial charge is 0.344 e. The summed E-state index contributed by atoms with van der Waals surface area (Å²) in [5.74, 6) is 0.680. The Morgan fingerprint density at radius 1 is 0.238 bits per heavy atom. The maximum Gasteiger partial charge on any atom is 0.0476 e. The topological polar surface area (TPSA) is 35.0 Å². The first-order valence-corrected chi connectivity index (χ1v) is 30.0. The molecule has 0 radical (unpaired) electrons. The first-order valence-electron chi connectivity index (χ1n) is 29.5. The second-order valence-corrected chi connectivity index (χ2v) is 20.9. The van der Waals surface area contributed by atoms with Gasteiger partial charge in [0.2, 0.25) is 0 Å². The Bertz CT molecular complexity index is 1000. The molecule has 1 aromatic rings. The molecule has 1 rings (SSSR count). The highest BCUT2D eigenvalue weighted by atomic mass is 35.5.